The predicted octanol–water partition coefficient (Wildman–Crippen LogP) is 4.12. The van der Waals surface area contributed by atoms with Gasteiger partial charge in [0, 0.05) is 17.5 Å². The monoisotopic (exact) mass is 417 g/mol. The molecule has 0 radical (unpaired) electrons. The first-order valence-corrected chi connectivity index (χ1v) is 11.0. The van der Waals surface area contributed by atoms with Crippen molar-refractivity contribution in [1.29, 1.82) is 0 Å². The summed E-state index contributed by atoms with van der Waals surface area (Å²) in [4.78, 5) is 31.9. The molecule has 0 unspecified atom stereocenters. The Morgan fingerprint density at radius 1 is 1.00 bits per heavy atom. The largest absolute Gasteiger partial charge is 0.326 e. The van der Waals surface area contributed by atoms with E-state index in [0.717, 1.165) is 24.1 Å². The molecular formula is C24H23N3O2S. The van der Waals surface area contributed by atoms with Gasteiger partial charge in [-0.05, 0) is 41.5 Å². The SMILES string of the molecule is C[C@@H]1c2ccsc2CCN1CN1C(=O)NC(c2ccccc2)(c2ccccc2)C1=O. The molecule has 0 bridgehead atoms. The number of hydrogen-bond donors (Lipinski definition) is 1. The van der Waals surface area contributed by atoms with Crippen molar-refractivity contribution in [3.63, 3.8) is 0 Å². The minimum atomic E-state index is -1.20. The average Bonchev–Trinajstić information content (AvgIpc) is 3.36. The highest BCUT2D eigenvalue weighted by Gasteiger charge is 2.54. The van der Waals surface area contributed by atoms with Gasteiger partial charge in [-0.25, -0.2) is 9.69 Å². The quantitative estimate of drug-likeness (QED) is 0.650. The van der Waals surface area contributed by atoms with Gasteiger partial charge < -0.3 is 5.32 Å². The topological polar surface area (TPSA) is 52.6 Å². The summed E-state index contributed by atoms with van der Waals surface area (Å²) in [5.74, 6) is -0.229. The Balaban J connectivity index is 1.50. The smallest absolute Gasteiger partial charge is 0.315 e. The predicted molar refractivity (Wildman–Crippen MR) is 117 cm³/mol. The molecule has 5 rings (SSSR count). The van der Waals surface area contributed by atoms with Crippen molar-refractivity contribution >= 4 is 23.3 Å². The second kappa shape index (κ2) is 7.38. The Hall–Kier alpha value is -2.96. The van der Waals surface area contributed by atoms with E-state index in [4.69, 9.17) is 0 Å². The third-order valence-corrected chi connectivity index (χ3v) is 7.24. The van der Waals surface area contributed by atoms with Crippen molar-refractivity contribution < 1.29 is 9.59 Å². The van der Waals surface area contributed by atoms with Crippen LogP contribution in [0.1, 0.15) is 34.5 Å². The number of carbonyl (C=O) groups excluding carboxylic acids is 2. The number of amides is 3. The maximum absolute atomic E-state index is 13.8. The molecule has 1 fully saturated rings. The molecule has 0 spiro atoms. The zero-order valence-corrected chi connectivity index (χ0v) is 17.6. The lowest BCUT2D eigenvalue weighted by Crippen LogP contribution is -2.47. The van der Waals surface area contributed by atoms with Crippen LogP contribution in [0.5, 0.6) is 0 Å². The van der Waals surface area contributed by atoms with Crippen molar-refractivity contribution in [1.82, 2.24) is 15.1 Å². The molecule has 0 saturated carbocycles. The molecule has 152 valence electrons. The van der Waals surface area contributed by atoms with Crippen molar-refractivity contribution in [2.45, 2.75) is 24.9 Å². The van der Waals surface area contributed by atoms with Crippen LogP contribution in [-0.2, 0) is 16.8 Å². The maximum atomic E-state index is 13.8. The van der Waals surface area contributed by atoms with Gasteiger partial charge >= 0.3 is 6.03 Å². The number of carbonyl (C=O) groups is 2. The molecule has 1 aromatic heterocycles. The van der Waals surface area contributed by atoms with Gasteiger partial charge in [-0.2, -0.15) is 0 Å². The molecule has 5 nitrogen and oxygen atoms in total. The zero-order chi connectivity index (χ0) is 20.7. The third kappa shape index (κ3) is 2.87. The summed E-state index contributed by atoms with van der Waals surface area (Å²) >= 11 is 1.78. The fourth-order valence-electron chi connectivity index (χ4n) is 4.58. The minimum Gasteiger partial charge on any atom is -0.315 e. The molecule has 1 N–H and O–H groups in total. The summed E-state index contributed by atoms with van der Waals surface area (Å²) in [5.41, 5.74) is 1.63. The van der Waals surface area contributed by atoms with Gasteiger partial charge in [0.15, 0.2) is 5.54 Å². The van der Waals surface area contributed by atoms with Crippen LogP contribution < -0.4 is 5.32 Å². The molecule has 6 heteroatoms. The highest BCUT2D eigenvalue weighted by Crippen LogP contribution is 2.38. The van der Waals surface area contributed by atoms with Gasteiger partial charge in [0.05, 0.1) is 6.67 Å². The highest BCUT2D eigenvalue weighted by molar-refractivity contribution is 7.10. The Morgan fingerprint density at radius 3 is 2.27 bits per heavy atom. The molecule has 30 heavy (non-hydrogen) atoms. The van der Waals surface area contributed by atoms with Crippen molar-refractivity contribution in [2.75, 3.05) is 13.2 Å². The lowest BCUT2D eigenvalue weighted by Gasteiger charge is -2.35. The molecule has 0 aliphatic carbocycles. The van der Waals surface area contributed by atoms with Crippen LogP contribution in [0.2, 0.25) is 0 Å². The van der Waals surface area contributed by atoms with E-state index in [1.807, 2.05) is 60.7 Å². The molecule has 1 atom stereocenters. The van der Waals surface area contributed by atoms with E-state index in [-0.39, 0.29) is 24.6 Å². The van der Waals surface area contributed by atoms with E-state index < -0.39 is 5.54 Å². The van der Waals surface area contributed by atoms with Gasteiger partial charge in [0.2, 0.25) is 0 Å². The number of urea groups is 1. The number of nitrogens with zero attached hydrogens (tertiary/aromatic N) is 2. The minimum absolute atomic E-state index is 0.170. The van der Waals surface area contributed by atoms with Gasteiger partial charge in [-0.1, -0.05) is 60.7 Å². The summed E-state index contributed by atoms with van der Waals surface area (Å²) in [6.45, 7) is 3.25. The van der Waals surface area contributed by atoms with Crippen LogP contribution in [0.25, 0.3) is 0 Å². The lowest BCUT2D eigenvalue weighted by molar-refractivity contribution is -0.132. The zero-order valence-electron chi connectivity index (χ0n) is 16.7. The van der Waals surface area contributed by atoms with Gasteiger partial charge in [0.1, 0.15) is 0 Å². The Morgan fingerprint density at radius 2 is 1.63 bits per heavy atom. The van der Waals surface area contributed by atoms with Gasteiger partial charge in [0.25, 0.3) is 5.91 Å². The van der Waals surface area contributed by atoms with Crippen LogP contribution in [-0.4, -0.2) is 35.0 Å². The van der Waals surface area contributed by atoms with E-state index in [9.17, 15) is 9.59 Å². The fourth-order valence-corrected chi connectivity index (χ4v) is 5.54. The highest BCUT2D eigenvalue weighted by atomic mass is 32.1. The first kappa shape index (κ1) is 19.0. The number of hydrogen-bond acceptors (Lipinski definition) is 4. The molecule has 2 aliphatic rings. The number of rotatable bonds is 4. The Kier molecular flexibility index (Phi) is 4.68. The summed E-state index contributed by atoms with van der Waals surface area (Å²) in [6, 6.07) is 21.0. The lowest BCUT2D eigenvalue weighted by atomic mass is 9.83. The van der Waals surface area contributed by atoms with Crippen LogP contribution in [0, 0.1) is 0 Å². The Bertz CT molecular complexity index is 1040. The number of fused-ring (bicyclic) bond motifs is 1. The average molecular weight is 418 g/mol. The second-order valence-corrected chi connectivity index (χ2v) is 8.82. The van der Waals surface area contributed by atoms with Gasteiger partial charge in [-0.3, -0.25) is 9.69 Å². The number of benzene rings is 2. The van der Waals surface area contributed by atoms with Crippen molar-refractivity contribution in [3.8, 4) is 0 Å². The van der Waals surface area contributed by atoms with Crippen LogP contribution in [0.15, 0.2) is 72.1 Å². The molecule has 3 heterocycles. The van der Waals surface area contributed by atoms with E-state index >= 15 is 0 Å². The molecule has 3 aromatic rings. The van der Waals surface area contributed by atoms with Crippen LogP contribution >= 0.6 is 11.3 Å². The number of imide groups is 1. The third-order valence-electron chi connectivity index (χ3n) is 6.25. The molecular weight excluding hydrogens is 394 g/mol. The molecule has 2 aromatic carbocycles. The van der Waals surface area contributed by atoms with Crippen molar-refractivity contribution in [2.24, 2.45) is 0 Å². The standard InChI is InChI=1S/C24H23N3O2S/c1-17-20-13-15-30-21(20)12-14-26(17)16-27-22(28)24(25-23(27)29,18-8-4-2-5-9-18)19-10-6-3-7-11-19/h2-11,13,15,17H,12,14,16H2,1H3,(H,25,29)/t17-/m1/s1. The van der Waals surface area contributed by atoms with E-state index in [1.54, 1.807) is 11.3 Å². The fraction of sp³-hybridized carbons (Fsp3) is 0.250. The van der Waals surface area contributed by atoms with Crippen LogP contribution in [0.3, 0.4) is 0 Å². The second-order valence-electron chi connectivity index (χ2n) is 7.82. The normalized spacial score (nSPS) is 20.8. The summed E-state index contributed by atoms with van der Waals surface area (Å²) in [7, 11) is 0. The van der Waals surface area contributed by atoms with E-state index in [0.29, 0.717) is 0 Å². The number of thiophene rings is 1. The van der Waals surface area contributed by atoms with Crippen molar-refractivity contribution in [3.05, 3.63) is 93.7 Å². The summed E-state index contributed by atoms with van der Waals surface area (Å²) in [5, 5.41) is 5.15. The first-order chi connectivity index (χ1) is 14.6. The molecule has 2 aliphatic heterocycles. The molecule has 3 amide bonds. The number of nitrogens with one attached hydrogen (secondary N) is 1. The van der Waals surface area contributed by atoms with E-state index in [1.165, 1.54) is 15.3 Å². The van der Waals surface area contributed by atoms with Crippen LogP contribution in [0.4, 0.5) is 4.79 Å². The first-order valence-electron chi connectivity index (χ1n) is 10.2. The maximum Gasteiger partial charge on any atom is 0.326 e. The summed E-state index contributed by atoms with van der Waals surface area (Å²) < 4.78 is 0. The van der Waals surface area contributed by atoms with Gasteiger partial charge in [-0.15, -0.1) is 11.3 Å². The van der Waals surface area contributed by atoms with E-state index in [2.05, 4.69) is 28.6 Å². The molecule has 1 saturated heterocycles. The Labute approximate surface area is 179 Å². The summed E-state index contributed by atoms with van der Waals surface area (Å²) in [6.07, 6.45) is 0.948.